The smallest absolute Gasteiger partial charge is 0.329 e. The van der Waals surface area contributed by atoms with Gasteiger partial charge in [0, 0.05) is 24.7 Å². The number of benzene rings is 1. The fourth-order valence-corrected chi connectivity index (χ4v) is 4.57. The third-order valence-corrected chi connectivity index (χ3v) is 6.93. The fraction of sp³-hybridized carbons (Fsp3) is 0.455. The monoisotopic (exact) mass is 494 g/mol. The molecular weight excluding hydrogens is 464 g/mol. The number of esters is 1. The van der Waals surface area contributed by atoms with Gasteiger partial charge in [-0.15, -0.1) is 0 Å². The molecular formula is C22H30N4O7S. The first-order valence-electron chi connectivity index (χ1n) is 10.8. The van der Waals surface area contributed by atoms with Gasteiger partial charge in [0.1, 0.15) is 11.8 Å². The lowest BCUT2D eigenvalue weighted by atomic mass is 10.0. The number of ether oxygens (including phenoxy) is 1. The number of hydrogen-bond donors (Lipinski definition) is 2. The predicted octanol–water partition coefficient (Wildman–Crippen LogP) is 1.95. The summed E-state index contributed by atoms with van der Waals surface area (Å²) in [7, 11) is -3.76. The van der Waals surface area contributed by atoms with Crippen molar-refractivity contribution in [3.05, 3.63) is 41.7 Å². The van der Waals surface area contributed by atoms with Crippen LogP contribution in [0.3, 0.4) is 0 Å². The van der Waals surface area contributed by atoms with E-state index < -0.39 is 40.5 Å². The minimum atomic E-state index is -3.76. The van der Waals surface area contributed by atoms with Gasteiger partial charge in [-0.3, -0.25) is 9.59 Å². The van der Waals surface area contributed by atoms with Crippen molar-refractivity contribution >= 4 is 33.6 Å². The Hall–Kier alpha value is -3.25. The van der Waals surface area contributed by atoms with Crippen LogP contribution in [0, 0.1) is 12.8 Å². The first kappa shape index (κ1) is 27.0. The molecule has 2 aromatic rings. The van der Waals surface area contributed by atoms with E-state index in [1.807, 2.05) is 0 Å². The van der Waals surface area contributed by atoms with Crippen LogP contribution in [-0.2, 0) is 24.3 Å². The first-order chi connectivity index (χ1) is 16.0. The zero-order valence-corrected chi connectivity index (χ0v) is 20.6. The minimum absolute atomic E-state index is 0.0210. The third-order valence-electron chi connectivity index (χ3n) is 4.89. The molecule has 0 saturated heterocycles. The summed E-state index contributed by atoms with van der Waals surface area (Å²) in [5, 5.41) is 8.60. The molecule has 0 fully saturated rings. The van der Waals surface area contributed by atoms with Crippen molar-refractivity contribution in [2.45, 2.75) is 45.6 Å². The second-order valence-electron chi connectivity index (χ2n) is 7.79. The average Bonchev–Trinajstić information content (AvgIpc) is 3.20. The Labute approximate surface area is 198 Å². The van der Waals surface area contributed by atoms with E-state index in [1.54, 1.807) is 34.6 Å². The Bertz CT molecular complexity index is 1120. The van der Waals surface area contributed by atoms with Crippen molar-refractivity contribution in [3.8, 4) is 0 Å². The summed E-state index contributed by atoms with van der Waals surface area (Å²) in [4.78, 5) is 37.3. The number of aryl methyl sites for hydroxylation is 1. The number of anilines is 1. The standard InChI is InChI=1S/C22H30N4O7S/c1-6-26(7-2)34(30,31)17-10-8-9-16(12-17)21(28)24-20(14(3)4)22(29)32-13-19(27)23-18-11-15(5)33-25-18/h8-12,14,20H,6-7,13H2,1-5H3,(H,24,28)(H,23,25,27)/t20-/m0/s1. The quantitative estimate of drug-likeness (QED) is 0.450. The summed E-state index contributed by atoms with van der Waals surface area (Å²) >= 11 is 0. The summed E-state index contributed by atoms with van der Waals surface area (Å²) in [5.41, 5.74) is 0.0748. The molecule has 0 spiro atoms. The van der Waals surface area contributed by atoms with Gasteiger partial charge in [-0.05, 0) is 31.0 Å². The van der Waals surface area contributed by atoms with Crippen molar-refractivity contribution in [1.29, 1.82) is 0 Å². The lowest BCUT2D eigenvalue weighted by Crippen LogP contribution is -2.46. The number of nitrogens with one attached hydrogen (secondary N) is 2. The van der Waals surface area contributed by atoms with Gasteiger partial charge < -0.3 is 19.9 Å². The van der Waals surface area contributed by atoms with Crippen molar-refractivity contribution in [3.63, 3.8) is 0 Å². The molecule has 2 N–H and O–H groups in total. The molecule has 0 bridgehead atoms. The molecule has 34 heavy (non-hydrogen) atoms. The van der Waals surface area contributed by atoms with Gasteiger partial charge >= 0.3 is 5.97 Å². The zero-order chi connectivity index (χ0) is 25.5. The summed E-state index contributed by atoms with van der Waals surface area (Å²) in [6, 6.07) is 6.03. The lowest BCUT2D eigenvalue weighted by molar-refractivity contribution is -0.150. The van der Waals surface area contributed by atoms with Gasteiger partial charge in [-0.1, -0.05) is 38.9 Å². The molecule has 1 atom stereocenters. The maximum atomic E-state index is 12.8. The number of carbonyl (C=O) groups is 3. The van der Waals surface area contributed by atoms with E-state index in [1.165, 1.54) is 34.6 Å². The molecule has 0 radical (unpaired) electrons. The molecule has 0 aliphatic carbocycles. The average molecular weight is 495 g/mol. The number of rotatable bonds is 11. The molecule has 0 aliphatic rings. The van der Waals surface area contributed by atoms with Gasteiger partial charge in [0.2, 0.25) is 10.0 Å². The van der Waals surface area contributed by atoms with E-state index in [0.717, 1.165) is 0 Å². The minimum Gasteiger partial charge on any atom is -0.454 e. The molecule has 12 heteroatoms. The summed E-state index contributed by atoms with van der Waals surface area (Å²) < 4.78 is 36.7. The molecule has 0 aliphatic heterocycles. The highest BCUT2D eigenvalue weighted by molar-refractivity contribution is 7.89. The van der Waals surface area contributed by atoms with E-state index in [9.17, 15) is 22.8 Å². The van der Waals surface area contributed by atoms with Crippen molar-refractivity contribution < 1.29 is 32.1 Å². The largest absolute Gasteiger partial charge is 0.454 e. The summed E-state index contributed by atoms with van der Waals surface area (Å²) in [6.45, 7) is 8.51. The maximum Gasteiger partial charge on any atom is 0.329 e. The van der Waals surface area contributed by atoms with Gasteiger partial charge in [-0.2, -0.15) is 4.31 Å². The molecule has 2 rings (SSSR count). The van der Waals surface area contributed by atoms with Crippen LogP contribution in [0.15, 0.2) is 39.8 Å². The number of sulfonamides is 1. The fourth-order valence-electron chi connectivity index (χ4n) is 3.06. The van der Waals surface area contributed by atoms with Crippen LogP contribution >= 0.6 is 0 Å². The van der Waals surface area contributed by atoms with Crippen LogP contribution in [0.25, 0.3) is 0 Å². The third kappa shape index (κ3) is 6.87. The van der Waals surface area contributed by atoms with Crippen molar-refractivity contribution in [1.82, 2.24) is 14.8 Å². The lowest BCUT2D eigenvalue weighted by Gasteiger charge is -2.21. The summed E-state index contributed by atoms with van der Waals surface area (Å²) in [6.07, 6.45) is 0. The normalized spacial score (nSPS) is 12.4. The molecule has 186 valence electrons. The molecule has 1 aromatic heterocycles. The topological polar surface area (TPSA) is 148 Å². The Morgan fingerprint density at radius 2 is 1.82 bits per heavy atom. The second-order valence-corrected chi connectivity index (χ2v) is 9.73. The van der Waals surface area contributed by atoms with Gasteiger partial charge in [0.25, 0.3) is 11.8 Å². The van der Waals surface area contributed by atoms with Gasteiger partial charge in [0.05, 0.1) is 4.90 Å². The van der Waals surface area contributed by atoms with Gasteiger partial charge in [0.15, 0.2) is 12.4 Å². The molecule has 0 unspecified atom stereocenters. The maximum absolute atomic E-state index is 12.8. The van der Waals surface area contributed by atoms with Crippen molar-refractivity contribution in [2.75, 3.05) is 25.0 Å². The van der Waals surface area contributed by atoms with Crippen LogP contribution in [0.5, 0.6) is 0 Å². The number of carbonyl (C=O) groups excluding carboxylic acids is 3. The van der Waals surface area contributed by atoms with E-state index in [4.69, 9.17) is 9.26 Å². The Balaban J connectivity index is 2.06. The first-order valence-corrected chi connectivity index (χ1v) is 12.2. The molecule has 1 aromatic carbocycles. The predicted molar refractivity (Wildman–Crippen MR) is 123 cm³/mol. The van der Waals surface area contributed by atoms with E-state index >= 15 is 0 Å². The van der Waals surface area contributed by atoms with Crippen LogP contribution in [0.1, 0.15) is 43.8 Å². The Kier molecular flexibility index (Phi) is 9.33. The molecule has 1 heterocycles. The van der Waals surface area contributed by atoms with Crippen LogP contribution in [-0.4, -0.2) is 61.4 Å². The number of nitrogens with zero attached hydrogens (tertiary/aromatic N) is 2. The van der Waals surface area contributed by atoms with E-state index in [-0.39, 0.29) is 22.2 Å². The molecule has 0 saturated carbocycles. The summed E-state index contributed by atoms with van der Waals surface area (Å²) in [5.74, 6) is -1.74. The van der Waals surface area contributed by atoms with Crippen LogP contribution < -0.4 is 10.6 Å². The zero-order valence-electron chi connectivity index (χ0n) is 19.8. The van der Waals surface area contributed by atoms with E-state index in [0.29, 0.717) is 18.8 Å². The van der Waals surface area contributed by atoms with Crippen LogP contribution in [0.4, 0.5) is 5.82 Å². The highest BCUT2D eigenvalue weighted by atomic mass is 32.2. The highest BCUT2D eigenvalue weighted by Crippen LogP contribution is 2.17. The van der Waals surface area contributed by atoms with Crippen molar-refractivity contribution in [2.24, 2.45) is 5.92 Å². The van der Waals surface area contributed by atoms with Crippen LogP contribution in [0.2, 0.25) is 0 Å². The molecule has 2 amide bonds. The number of amides is 2. The Morgan fingerprint density at radius 1 is 1.15 bits per heavy atom. The number of hydrogen-bond acceptors (Lipinski definition) is 8. The Morgan fingerprint density at radius 3 is 2.38 bits per heavy atom. The number of aromatic nitrogens is 1. The van der Waals surface area contributed by atoms with E-state index in [2.05, 4.69) is 15.8 Å². The molecule has 11 nitrogen and oxygen atoms in total. The highest BCUT2D eigenvalue weighted by Gasteiger charge is 2.28. The second kappa shape index (κ2) is 11.7. The van der Waals surface area contributed by atoms with Gasteiger partial charge in [-0.25, -0.2) is 13.2 Å². The SMILES string of the molecule is CCN(CC)S(=O)(=O)c1cccc(C(=O)N[C@H](C(=O)OCC(=O)Nc2cc(C)on2)C(C)C)c1.